The lowest BCUT2D eigenvalue weighted by Gasteiger charge is -2.35. The lowest BCUT2D eigenvalue weighted by molar-refractivity contribution is 0.644. The van der Waals surface area contributed by atoms with Crippen LogP contribution in [0.4, 0.5) is 10.9 Å². The first-order valence-corrected chi connectivity index (χ1v) is 7.74. The molecule has 3 rings (SSSR count). The molecule has 0 bridgehead atoms. The molecule has 106 valence electrons. The van der Waals surface area contributed by atoms with E-state index >= 15 is 0 Å². The molecular formula is C13H16ClN5S. The number of thiazole rings is 1. The zero-order valence-electron chi connectivity index (χ0n) is 11.5. The molecular weight excluding hydrogens is 294 g/mol. The summed E-state index contributed by atoms with van der Waals surface area (Å²) in [5.74, 6) is 0.851. The molecule has 0 atom stereocenters. The fourth-order valence-electron chi connectivity index (χ4n) is 2.20. The van der Waals surface area contributed by atoms with Crippen LogP contribution in [-0.4, -0.2) is 41.1 Å². The van der Waals surface area contributed by atoms with Gasteiger partial charge in [0, 0.05) is 31.1 Å². The molecule has 1 saturated heterocycles. The Morgan fingerprint density at radius 1 is 1.05 bits per heavy atom. The van der Waals surface area contributed by atoms with Crippen LogP contribution < -0.4 is 9.80 Å². The van der Waals surface area contributed by atoms with Crippen molar-refractivity contribution in [3.63, 3.8) is 0 Å². The SMILES string of the molecule is Cc1nc(N2CCN(c3cncc(Cl)n3)CC2)sc1C. The van der Waals surface area contributed by atoms with Gasteiger partial charge in [-0.25, -0.2) is 9.97 Å². The van der Waals surface area contributed by atoms with Gasteiger partial charge < -0.3 is 9.80 Å². The van der Waals surface area contributed by atoms with Gasteiger partial charge in [0.25, 0.3) is 0 Å². The predicted octanol–water partition coefficient (Wildman–Crippen LogP) is 2.53. The van der Waals surface area contributed by atoms with E-state index in [1.165, 1.54) is 4.88 Å². The van der Waals surface area contributed by atoms with E-state index in [1.807, 2.05) is 0 Å². The molecule has 2 aromatic heterocycles. The number of aromatic nitrogens is 3. The molecule has 1 aliphatic rings. The average molecular weight is 310 g/mol. The number of nitrogens with zero attached hydrogens (tertiary/aromatic N) is 5. The van der Waals surface area contributed by atoms with Gasteiger partial charge in [-0.15, -0.1) is 11.3 Å². The Balaban J connectivity index is 1.67. The zero-order valence-corrected chi connectivity index (χ0v) is 13.1. The number of anilines is 2. The Labute approximate surface area is 127 Å². The molecule has 1 aliphatic heterocycles. The maximum absolute atomic E-state index is 5.89. The lowest BCUT2D eigenvalue weighted by Crippen LogP contribution is -2.46. The van der Waals surface area contributed by atoms with Crippen LogP contribution in [0.3, 0.4) is 0 Å². The highest BCUT2D eigenvalue weighted by molar-refractivity contribution is 7.15. The van der Waals surface area contributed by atoms with Crippen LogP contribution in [0, 0.1) is 13.8 Å². The van der Waals surface area contributed by atoms with Crippen LogP contribution in [0.2, 0.25) is 5.15 Å². The normalized spacial score (nSPS) is 15.8. The van der Waals surface area contributed by atoms with E-state index in [-0.39, 0.29) is 0 Å². The van der Waals surface area contributed by atoms with Gasteiger partial charge in [-0.3, -0.25) is 4.98 Å². The minimum Gasteiger partial charge on any atom is -0.352 e. The number of piperazine rings is 1. The first-order valence-electron chi connectivity index (χ1n) is 6.55. The second kappa shape index (κ2) is 5.54. The summed E-state index contributed by atoms with van der Waals surface area (Å²) < 4.78 is 0. The van der Waals surface area contributed by atoms with Crippen molar-refractivity contribution in [3.05, 3.63) is 28.1 Å². The highest BCUT2D eigenvalue weighted by Gasteiger charge is 2.21. The van der Waals surface area contributed by atoms with Gasteiger partial charge >= 0.3 is 0 Å². The fourth-order valence-corrected chi connectivity index (χ4v) is 3.31. The molecule has 3 heterocycles. The van der Waals surface area contributed by atoms with Gasteiger partial charge in [0.05, 0.1) is 18.1 Å². The monoisotopic (exact) mass is 309 g/mol. The van der Waals surface area contributed by atoms with Crippen LogP contribution in [0.15, 0.2) is 12.4 Å². The number of hydrogen-bond acceptors (Lipinski definition) is 6. The molecule has 20 heavy (non-hydrogen) atoms. The number of aryl methyl sites for hydroxylation is 2. The third-order valence-corrected chi connectivity index (χ3v) is 4.80. The largest absolute Gasteiger partial charge is 0.352 e. The molecule has 0 N–H and O–H groups in total. The van der Waals surface area contributed by atoms with Crippen molar-refractivity contribution in [2.75, 3.05) is 36.0 Å². The van der Waals surface area contributed by atoms with Crippen LogP contribution >= 0.6 is 22.9 Å². The van der Waals surface area contributed by atoms with E-state index in [1.54, 1.807) is 23.7 Å². The van der Waals surface area contributed by atoms with Crippen LogP contribution in [-0.2, 0) is 0 Å². The highest BCUT2D eigenvalue weighted by Crippen LogP contribution is 2.26. The summed E-state index contributed by atoms with van der Waals surface area (Å²) in [4.78, 5) is 18.9. The van der Waals surface area contributed by atoms with Gasteiger partial charge in [-0.1, -0.05) is 11.6 Å². The standard InChI is InChI=1S/C13H16ClN5S/c1-9-10(2)20-13(16-9)19-5-3-18(4-6-19)12-8-15-7-11(14)17-12/h7-8H,3-6H2,1-2H3. The fraction of sp³-hybridized carbons (Fsp3) is 0.462. The van der Waals surface area contributed by atoms with Crippen molar-refractivity contribution in [1.29, 1.82) is 0 Å². The number of halogens is 1. The van der Waals surface area contributed by atoms with Crippen molar-refractivity contribution in [2.24, 2.45) is 0 Å². The molecule has 7 heteroatoms. The molecule has 0 spiro atoms. The molecule has 0 saturated carbocycles. The summed E-state index contributed by atoms with van der Waals surface area (Å²) in [6.45, 7) is 7.89. The maximum Gasteiger partial charge on any atom is 0.185 e. The third kappa shape index (κ3) is 2.71. The third-order valence-electron chi connectivity index (χ3n) is 3.48. The van der Waals surface area contributed by atoms with E-state index in [2.05, 4.69) is 38.6 Å². The van der Waals surface area contributed by atoms with Gasteiger partial charge in [0.1, 0.15) is 11.0 Å². The summed E-state index contributed by atoms with van der Waals surface area (Å²) in [5, 5.41) is 1.56. The molecule has 5 nitrogen and oxygen atoms in total. The summed E-state index contributed by atoms with van der Waals surface area (Å²) in [6.07, 6.45) is 3.32. The van der Waals surface area contributed by atoms with Crippen molar-refractivity contribution in [1.82, 2.24) is 15.0 Å². The van der Waals surface area contributed by atoms with Crippen molar-refractivity contribution in [2.45, 2.75) is 13.8 Å². The predicted molar refractivity (Wildman–Crippen MR) is 83.1 cm³/mol. The Kier molecular flexibility index (Phi) is 3.76. The van der Waals surface area contributed by atoms with Crippen molar-refractivity contribution >= 4 is 33.9 Å². The minimum atomic E-state index is 0.441. The quantitative estimate of drug-likeness (QED) is 0.853. The Morgan fingerprint density at radius 2 is 1.75 bits per heavy atom. The van der Waals surface area contributed by atoms with Crippen LogP contribution in [0.1, 0.15) is 10.6 Å². The molecule has 0 amide bonds. The van der Waals surface area contributed by atoms with Crippen molar-refractivity contribution < 1.29 is 0 Å². The van der Waals surface area contributed by atoms with Crippen LogP contribution in [0.5, 0.6) is 0 Å². The minimum absolute atomic E-state index is 0.441. The summed E-state index contributed by atoms with van der Waals surface area (Å²) >= 11 is 7.66. The molecule has 0 radical (unpaired) electrons. The molecule has 0 unspecified atom stereocenters. The summed E-state index contributed by atoms with van der Waals surface area (Å²) in [7, 11) is 0. The lowest BCUT2D eigenvalue weighted by atomic mass is 10.3. The Hall–Kier alpha value is -1.40. The van der Waals surface area contributed by atoms with E-state index in [0.29, 0.717) is 5.15 Å². The first kappa shape index (κ1) is 13.6. The highest BCUT2D eigenvalue weighted by atomic mass is 35.5. The van der Waals surface area contributed by atoms with E-state index in [4.69, 9.17) is 11.6 Å². The second-order valence-electron chi connectivity index (χ2n) is 4.81. The number of hydrogen-bond donors (Lipinski definition) is 0. The van der Waals surface area contributed by atoms with Gasteiger partial charge in [-0.2, -0.15) is 0 Å². The van der Waals surface area contributed by atoms with Gasteiger partial charge in [0.2, 0.25) is 0 Å². The van der Waals surface area contributed by atoms with E-state index in [9.17, 15) is 0 Å². The van der Waals surface area contributed by atoms with Crippen LogP contribution in [0.25, 0.3) is 0 Å². The van der Waals surface area contributed by atoms with E-state index in [0.717, 1.165) is 42.8 Å². The molecule has 0 aliphatic carbocycles. The average Bonchev–Trinajstić information content (AvgIpc) is 2.79. The zero-order chi connectivity index (χ0) is 14.1. The Bertz CT molecular complexity index is 587. The smallest absolute Gasteiger partial charge is 0.185 e. The van der Waals surface area contributed by atoms with Gasteiger partial charge in [0.15, 0.2) is 5.13 Å². The van der Waals surface area contributed by atoms with Gasteiger partial charge in [-0.05, 0) is 13.8 Å². The summed E-state index contributed by atoms with van der Waals surface area (Å²) in [6, 6.07) is 0. The molecule has 1 fully saturated rings. The van der Waals surface area contributed by atoms with Crippen molar-refractivity contribution in [3.8, 4) is 0 Å². The summed E-state index contributed by atoms with van der Waals surface area (Å²) in [5.41, 5.74) is 1.13. The maximum atomic E-state index is 5.89. The Morgan fingerprint density at radius 3 is 2.35 bits per heavy atom. The number of rotatable bonds is 2. The molecule has 0 aromatic carbocycles. The van der Waals surface area contributed by atoms with E-state index < -0.39 is 0 Å². The topological polar surface area (TPSA) is 45.2 Å². The second-order valence-corrected chi connectivity index (χ2v) is 6.38. The molecule has 2 aromatic rings. The first-order chi connectivity index (χ1) is 9.63.